The van der Waals surface area contributed by atoms with Gasteiger partial charge in [-0.15, -0.1) is 0 Å². The molecule has 5 amide bonds. The fraction of sp³-hybridized carbons (Fsp3) is 0.686. The minimum atomic E-state index is -0.941. The van der Waals surface area contributed by atoms with Gasteiger partial charge in [0.2, 0.25) is 23.6 Å². The fourth-order valence-corrected chi connectivity index (χ4v) is 12.2. The molecule has 380 valence electrons. The smallest absolute Gasteiger partial charge is 0.410 e. The molecule has 0 unspecified atom stereocenters. The first-order valence-corrected chi connectivity index (χ1v) is 26.7. The zero-order valence-electron chi connectivity index (χ0n) is 42.5. The number of carbonyl (C=O) groups excluding carboxylic acids is 5. The van der Waals surface area contributed by atoms with Gasteiger partial charge in [0.1, 0.15) is 23.2 Å². The number of pyridine rings is 1. The summed E-state index contributed by atoms with van der Waals surface area (Å²) in [7, 11) is 9.81. The van der Waals surface area contributed by atoms with Gasteiger partial charge in [-0.2, -0.15) is 0 Å². The Morgan fingerprint density at radius 3 is 2.07 bits per heavy atom. The number of aliphatic hydroxyl groups excluding tert-OH is 1. The number of likely N-dealkylation sites (tertiary alicyclic amines) is 1. The topological polar surface area (TPSA) is 180 Å². The zero-order chi connectivity index (χ0) is 50.2. The lowest BCUT2D eigenvalue weighted by atomic mass is 9.89. The molecule has 1 saturated heterocycles. The molecule has 1 aromatic heterocycles. The molecular weight excluding hydrogens is 905 g/mol. The van der Waals surface area contributed by atoms with Crippen LogP contribution in [0.5, 0.6) is 0 Å². The number of aromatic nitrogens is 1. The molecule has 2 aromatic rings. The third kappa shape index (κ3) is 15.3. The lowest BCUT2D eigenvalue weighted by molar-refractivity contribution is -0.148. The predicted octanol–water partition coefficient (Wildman–Crippen LogP) is 7.53. The number of hydrogen-bond donors (Lipinski definition) is 3. The van der Waals surface area contributed by atoms with Gasteiger partial charge in [-0.25, -0.2) is 9.78 Å². The number of hydrogen-bond acceptors (Lipinski definition) is 12. The number of likely N-dealkylation sites (N-methyl/N-ethyl adjacent to an activating group) is 2. The number of carbonyl (C=O) groups is 5. The highest BCUT2D eigenvalue weighted by molar-refractivity contribution is 8.76. The maximum absolute atomic E-state index is 14.7. The van der Waals surface area contributed by atoms with Crippen LogP contribution in [0.25, 0.3) is 0 Å². The van der Waals surface area contributed by atoms with Crippen LogP contribution >= 0.6 is 21.6 Å². The summed E-state index contributed by atoms with van der Waals surface area (Å²) >= 11 is 0. The van der Waals surface area contributed by atoms with Crippen LogP contribution in [0.15, 0.2) is 59.8 Å². The van der Waals surface area contributed by atoms with E-state index in [0.29, 0.717) is 30.2 Å². The van der Waals surface area contributed by atoms with Crippen LogP contribution in [0.4, 0.5) is 4.79 Å². The molecule has 2 fully saturated rings. The van der Waals surface area contributed by atoms with Gasteiger partial charge in [-0.1, -0.05) is 102 Å². The van der Waals surface area contributed by atoms with Gasteiger partial charge in [0, 0.05) is 46.3 Å². The van der Waals surface area contributed by atoms with E-state index < -0.39 is 60.4 Å². The highest BCUT2D eigenvalue weighted by Crippen LogP contribution is 2.40. The number of benzene rings is 1. The van der Waals surface area contributed by atoms with Gasteiger partial charge in [-0.3, -0.25) is 24.1 Å². The summed E-state index contributed by atoms with van der Waals surface area (Å²) in [4.78, 5) is 79.6. The van der Waals surface area contributed by atoms with E-state index in [1.807, 2.05) is 90.1 Å². The fourth-order valence-electron chi connectivity index (χ4n) is 9.68. The van der Waals surface area contributed by atoms with Crippen LogP contribution in [0.1, 0.15) is 118 Å². The Bertz CT molecular complexity index is 1890. The number of rotatable bonds is 24. The van der Waals surface area contributed by atoms with Crippen molar-refractivity contribution in [1.82, 2.24) is 30.3 Å². The minimum absolute atomic E-state index is 0.0252. The monoisotopic (exact) mass is 985 g/mol. The van der Waals surface area contributed by atoms with Gasteiger partial charge in [-0.05, 0) is 91.7 Å². The van der Waals surface area contributed by atoms with Gasteiger partial charge in [0.05, 0.1) is 48.8 Å². The largest absolute Gasteiger partial charge is 0.446 e. The Hall–Kier alpha value is -3.90. The minimum Gasteiger partial charge on any atom is -0.446 e. The second-order valence-electron chi connectivity index (χ2n) is 19.4. The SMILES string of the molecule is CC[C@H](C)[C@@H]([C@@H](CC(=O)N1CCC[C@@H]1[C@H](OC)[C@@H](C)C(=O)N[C@H](C)[C@@H](O)c1ccccc1)OC)N(C)C(=O)[C@@H](NC(=O)[C@H](C(C)C)N(C)C(=O)O[C@H]1CC[C@H](SSc2ccccn2)CC1)C(C)C. The summed E-state index contributed by atoms with van der Waals surface area (Å²) < 4.78 is 18.0. The number of nitrogens with one attached hydrogen (secondary N) is 2. The number of amides is 5. The van der Waals surface area contributed by atoms with Crippen LogP contribution in [-0.4, -0.2) is 143 Å². The van der Waals surface area contributed by atoms with Gasteiger partial charge in [0.25, 0.3) is 0 Å². The molecule has 10 atom stereocenters. The Morgan fingerprint density at radius 1 is 0.838 bits per heavy atom. The van der Waals surface area contributed by atoms with E-state index in [9.17, 15) is 29.1 Å². The maximum atomic E-state index is 14.7. The quantitative estimate of drug-likeness (QED) is 0.0883. The molecule has 15 nitrogen and oxygen atoms in total. The van der Waals surface area contributed by atoms with E-state index in [4.69, 9.17) is 14.2 Å². The molecule has 0 spiro atoms. The molecule has 1 aliphatic carbocycles. The molecule has 1 aromatic carbocycles. The first-order chi connectivity index (χ1) is 32.3. The maximum Gasteiger partial charge on any atom is 0.410 e. The summed E-state index contributed by atoms with van der Waals surface area (Å²) in [6, 6.07) is 11.7. The van der Waals surface area contributed by atoms with Crippen LogP contribution in [-0.2, 0) is 33.4 Å². The second kappa shape index (κ2) is 27.5. The third-order valence-electron chi connectivity index (χ3n) is 13.9. The lowest BCUT2D eigenvalue weighted by Gasteiger charge is -2.41. The summed E-state index contributed by atoms with van der Waals surface area (Å²) in [6.07, 6.45) is 4.03. The molecular formula is C51H80N6O9S2. The van der Waals surface area contributed by atoms with E-state index in [1.54, 1.807) is 79.7 Å². The molecule has 3 N–H and O–H groups in total. The first-order valence-electron chi connectivity index (χ1n) is 24.5. The normalized spacial score (nSPS) is 21.4. The molecule has 0 bridgehead atoms. The Morgan fingerprint density at radius 2 is 1.50 bits per heavy atom. The Kier molecular flexibility index (Phi) is 22.9. The number of aliphatic hydroxyl groups is 1. The van der Waals surface area contributed by atoms with Crippen molar-refractivity contribution in [3.05, 3.63) is 60.3 Å². The van der Waals surface area contributed by atoms with Crippen molar-refractivity contribution in [2.45, 2.75) is 172 Å². The highest BCUT2D eigenvalue weighted by Gasteiger charge is 2.44. The molecule has 1 saturated carbocycles. The average Bonchev–Trinajstić information content (AvgIpc) is 3.82. The first kappa shape index (κ1) is 56.7. The predicted molar refractivity (Wildman–Crippen MR) is 268 cm³/mol. The van der Waals surface area contributed by atoms with Crippen molar-refractivity contribution in [2.24, 2.45) is 23.7 Å². The van der Waals surface area contributed by atoms with Gasteiger partial charge >= 0.3 is 6.09 Å². The standard InChI is InChI=1S/C51H80N6O9S2/c1-13-33(6)45(40(64-11)30-42(58)57-29-19-22-39(57)47(65-12)34(7)48(60)53-35(8)46(59)36-20-15-14-16-21-36)55(9)50(62)43(31(2)3)54-49(61)44(32(4)5)56(10)51(63)66-37-24-26-38(27-25-37)67-68-41-23-17-18-28-52-41/h14-18,20-21,23,28,31-35,37-40,43-47,59H,13,19,22,24-27,29-30H2,1-12H3,(H,53,60)(H,54,61)/t33-,34+,35+,37-,38-,39+,40+,43-,44-,45-,46+,47+/m0/s1. The Labute approximate surface area is 413 Å². The molecule has 0 radical (unpaired) electrons. The third-order valence-corrected chi connectivity index (χ3v) is 16.7. The van der Waals surface area contributed by atoms with Crippen molar-refractivity contribution in [1.29, 1.82) is 0 Å². The van der Waals surface area contributed by atoms with Crippen molar-refractivity contribution in [3.63, 3.8) is 0 Å². The van der Waals surface area contributed by atoms with E-state index >= 15 is 0 Å². The summed E-state index contributed by atoms with van der Waals surface area (Å²) in [6.45, 7) is 15.5. The van der Waals surface area contributed by atoms with Crippen LogP contribution in [0, 0.1) is 23.7 Å². The molecule has 68 heavy (non-hydrogen) atoms. The molecule has 2 heterocycles. The van der Waals surface area contributed by atoms with Crippen molar-refractivity contribution >= 4 is 51.3 Å². The summed E-state index contributed by atoms with van der Waals surface area (Å²) in [5.41, 5.74) is 0.696. The van der Waals surface area contributed by atoms with E-state index in [-0.39, 0.29) is 54.0 Å². The molecule has 17 heteroatoms. The van der Waals surface area contributed by atoms with Crippen molar-refractivity contribution in [2.75, 3.05) is 34.9 Å². The summed E-state index contributed by atoms with van der Waals surface area (Å²) in [5, 5.41) is 18.3. The number of ether oxygens (including phenoxy) is 3. The van der Waals surface area contributed by atoms with Crippen molar-refractivity contribution in [3.8, 4) is 0 Å². The van der Waals surface area contributed by atoms with Crippen LogP contribution in [0.2, 0.25) is 0 Å². The van der Waals surface area contributed by atoms with E-state index in [0.717, 1.165) is 37.1 Å². The molecule has 4 rings (SSSR count). The van der Waals surface area contributed by atoms with Crippen molar-refractivity contribution < 1.29 is 43.3 Å². The summed E-state index contributed by atoms with van der Waals surface area (Å²) in [5.74, 6) is -2.59. The Balaban J connectivity index is 1.40. The second-order valence-corrected chi connectivity index (χ2v) is 21.9. The highest BCUT2D eigenvalue weighted by atomic mass is 33.1. The van der Waals surface area contributed by atoms with Gasteiger partial charge in [0.15, 0.2) is 0 Å². The number of methoxy groups -OCH3 is 2. The average molecular weight is 985 g/mol. The van der Waals surface area contributed by atoms with E-state index in [2.05, 4.69) is 15.6 Å². The van der Waals surface area contributed by atoms with Gasteiger partial charge < -0.3 is 39.8 Å². The number of nitrogens with zero attached hydrogens (tertiary/aromatic N) is 4. The lowest BCUT2D eigenvalue weighted by Crippen LogP contribution is -2.60. The van der Waals surface area contributed by atoms with Crippen LogP contribution in [0.3, 0.4) is 0 Å². The zero-order valence-corrected chi connectivity index (χ0v) is 44.1. The molecule has 2 aliphatic rings. The van der Waals surface area contributed by atoms with E-state index in [1.165, 1.54) is 4.90 Å². The van der Waals surface area contributed by atoms with Crippen LogP contribution < -0.4 is 10.6 Å². The molecule has 1 aliphatic heterocycles.